The summed E-state index contributed by atoms with van der Waals surface area (Å²) >= 11 is 0. The number of benzene rings is 1. The summed E-state index contributed by atoms with van der Waals surface area (Å²) in [6, 6.07) is 4.00. The first kappa shape index (κ1) is 20.3. The zero-order chi connectivity index (χ0) is 19.3. The zero-order valence-electron chi connectivity index (χ0n) is 15.1. The Labute approximate surface area is 153 Å². The van der Waals surface area contributed by atoms with Crippen LogP contribution in [0.3, 0.4) is 0 Å². The molecule has 1 aliphatic heterocycles. The van der Waals surface area contributed by atoms with E-state index in [0.29, 0.717) is 12.8 Å². The number of nitrogens with one attached hydrogen (secondary N) is 1. The second-order valence-corrected chi connectivity index (χ2v) is 8.47. The molecular weight excluding hydrogens is 358 g/mol. The Bertz CT molecular complexity index is 748. The number of nitro groups is 1. The number of sulfonamides is 1. The van der Waals surface area contributed by atoms with Gasteiger partial charge in [0.2, 0.25) is 15.9 Å². The Kier molecular flexibility index (Phi) is 6.71. The summed E-state index contributed by atoms with van der Waals surface area (Å²) in [5.74, 6) is -0.281. The van der Waals surface area contributed by atoms with Crippen LogP contribution in [0.25, 0.3) is 0 Å². The summed E-state index contributed by atoms with van der Waals surface area (Å²) in [5.41, 5.74) is -0.176. The van der Waals surface area contributed by atoms with E-state index in [0.717, 1.165) is 31.4 Å². The highest BCUT2D eigenvalue weighted by molar-refractivity contribution is 7.89. The predicted molar refractivity (Wildman–Crippen MR) is 97.1 cm³/mol. The maximum Gasteiger partial charge on any atom is 0.269 e. The maximum atomic E-state index is 13.0. The van der Waals surface area contributed by atoms with Crippen LogP contribution in [0.2, 0.25) is 0 Å². The SMILES string of the molecule is CCC[C@H](C)NC(=O)[C@H]1CCCCN1S(=O)(=O)c1ccc([N+](=O)[O-])cc1. The van der Waals surface area contributed by atoms with Gasteiger partial charge in [-0.3, -0.25) is 14.9 Å². The third-order valence-corrected chi connectivity index (χ3v) is 6.44. The number of non-ortho nitro benzene ring substituents is 1. The van der Waals surface area contributed by atoms with Crippen LogP contribution in [0.4, 0.5) is 5.69 Å². The van der Waals surface area contributed by atoms with Crippen LogP contribution in [0.1, 0.15) is 46.0 Å². The molecule has 0 spiro atoms. The lowest BCUT2D eigenvalue weighted by Crippen LogP contribution is -2.53. The minimum absolute atomic E-state index is 0.0154. The highest BCUT2D eigenvalue weighted by Gasteiger charge is 2.38. The van der Waals surface area contributed by atoms with E-state index in [-0.39, 0.29) is 29.1 Å². The van der Waals surface area contributed by atoms with Gasteiger partial charge in [0.25, 0.3) is 5.69 Å². The van der Waals surface area contributed by atoms with Crippen molar-refractivity contribution in [3.8, 4) is 0 Å². The fourth-order valence-electron chi connectivity index (χ4n) is 3.17. The van der Waals surface area contributed by atoms with Crippen LogP contribution in [0.15, 0.2) is 29.2 Å². The van der Waals surface area contributed by atoms with E-state index < -0.39 is 21.0 Å². The molecule has 1 aromatic carbocycles. The van der Waals surface area contributed by atoms with Gasteiger partial charge in [-0.1, -0.05) is 19.8 Å². The fourth-order valence-corrected chi connectivity index (χ4v) is 4.83. The molecule has 1 saturated heterocycles. The molecule has 1 fully saturated rings. The molecule has 1 heterocycles. The number of nitro benzene ring substituents is 1. The number of carbonyl (C=O) groups excluding carboxylic acids is 1. The maximum absolute atomic E-state index is 13.0. The number of nitrogens with zero attached hydrogens (tertiary/aromatic N) is 2. The van der Waals surface area contributed by atoms with E-state index >= 15 is 0 Å². The van der Waals surface area contributed by atoms with Gasteiger partial charge in [0.15, 0.2) is 0 Å². The summed E-state index contributed by atoms with van der Waals surface area (Å²) < 4.78 is 27.2. The van der Waals surface area contributed by atoms with E-state index in [9.17, 15) is 23.3 Å². The lowest BCUT2D eigenvalue weighted by Gasteiger charge is -2.34. The zero-order valence-corrected chi connectivity index (χ0v) is 15.9. The summed E-state index contributed by atoms with van der Waals surface area (Å²) in [5, 5.41) is 13.6. The van der Waals surface area contributed by atoms with E-state index in [4.69, 9.17) is 0 Å². The second kappa shape index (κ2) is 8.59. The van der Waals surface area contributed by atoms with Gasteiger partial charge in [-0.2, -0.15) is 4.31 Å². The normalized spacial score (nSPS) is 19.7. The molecule has 0 radical (unpaired) electrons. The first-order valence-electron chi connectivity index (χ1n) is 8.84. The van der Waals surface area contributed by atoms with Crippen molar-refractivity contribution in [1.29, 1.82) is 0 Å². The number of amides is 1. The lowest BCUT2D eigenvalue weighted by atomic mass is 10.0. The smallest absolute Gasteiger partial charge is 0.269 e. The predicted octanol–water partition coefficient (Wildman–Crippen LogP) is 2.44. The van der Waals surface area contributed by atoms with Crippen LogP contribution in [-0.2, 0) is 14.8 Å². The van der Waals surface area contributed by atoms with Crippen LogP contribution in [-0.4, -0.2) is 42.2 Å². The van der Waals surface area contributed by atoms with Crippen LogP contribution in [0, 0.1) is 10.1 Å². The molecule has 2 atom stereocenters. The summed E-state index contributed by atoms with van der Waals surface area (Å²) in [4.78, 5) is 22.7. The van der Waals surface area contributed by atoms with Crippen molar-refractivity contribution in [1.82, 2.24) is 9.62 Å². The molecule has 1 amide bonds. The Hall–Kier alpha value is -2.00. The molecule has 8 nitrogen and oxygen atoms in total. The van der Waals surface area contributed by atoms with E-state index in [1.165, 1.54) is 16.4 Å². The van der Waals surface area contributed by atoms with Crippen molar-refractivity contribution in [3.63, 3.8) is 0 Å². The lowest BCUT2D eigenvalue weighted by molar-refractivity contribution is -0.384. The average molecular weight is 383 g/mol. The van der Waals surface area contributed by atoms with Crippen molar-refractivity contribution >= 4 is 21.6 Å². The van der Waals surface area contributed by atoms with Crippen molar-refractivity contribution in [2.75, 3.05) is 6.54 Å². The van der Waals surface area contributed by atoms with E-state index in [2.05, 4.69) is 5.32 Å². The van der Waals surface area contributed by atoms with Gasteiger partial charge in [0.05, 0.1) is 9.82 Å². The minimum Gasteiger partial charge on any atom is -0.352 e. The van der Waals surface area contributed by atoms with Crippen LogP contribution in [0.5, 0.6) is 0 Å². The molecule has 0 unspecified atom stereocenters. The van der Waals surface area contributed by atoms with Gasteiger partial charge in [0, 0.05) is 24.7 Å². The van der Waals surface area contributed by atoms with Crippen molar-refractivity contribution < 1.29 is 18.1 Å². The number of hydrogen-bond donors (Lipinski definition) is 1. The number of piperidine rings is 1. The molecule has 144 valence electrons. The highest BCUT2D eigenvalue weighted by atomic mass is 32.2. The fraction of sp³-hybridized carbons (Fsp3) is 0.588. The standard InChI is InChI=1S/C17H25N3O5S/c1-3-6-13(2)18-17(21)16-7-4-5-12-19(16)26(24,25)15-10-8-14(9-11-15)20(22)23/h8-11,13,16H,3-7,12H2,1-2H3,(H,18,21)/t13-,16+/m0/s1. The molecule has 26 heavy (non-hydrogen) atoms. The minimum atomic E-state index is -3.90. The molecule has 1 N–H and O–H groups in total. The quantitative estimate of drug-likeness (QED) is 0.574. The molecule has 2 rings (SSSR count). The van der Waals surface area contributed by atoms with Gasteiger partial charge in [-0.05, 0) is 38.3 Å². The molecule has 0 aromatic heterocycles. The molecule has 0 aliphatic carbocycles. The van der Waals surface area contributed by atoms with Gasteiger partial charge in [-0.25, -0.2) is 8.42 Å². The second-order valence-electron chi connectivity index (χ2n) is 6.58. The molecule has 9 heteroatoms. The van der Waals surface area contributed by atoms with E-state index in [1.54, 1.807) is 0 Å². The molecule has 1 aliphatic rings. The summed E-state index contributed by atoms with van der Waals surface area (Å²) in [7, 11) is -3.90. The van der Waals surface area contributed by atoms with Crippen molar-refractivity contribution in [2.45, 2.75) is 62.9 Å². The number of hydrogen-bond acceptors (Lipinski definition) is 5. The third kappa shape index (κ3) is 4.59. The van der Waals surface area contributed by atoms with E-state index in [1.807, 2.05) is 13.8 Å². The number of rotatable bonds is 7. The molecule has 0 saturated carbocycles. The van der Waals surface area contributed by atoms with Gasteiger partial charge in [-0.15, -0.1) is 0 Å². The summed E-state index contributed by atoms with van der Waals surface area (Å²) in [6.07, 6.45) is 3.69. The Morgan fingerprint density at radius 1 is 1.35 bits per heavy atom. The topological polar surface area (TPSA) is 110 Å². The van der Waals surface area contributed by atoms with Gasteiger partial charge >= 0.3 is 0 Å². The van der Waals surface area contributed by atoms with Gasteiger partial charge in [0.1, 0.15) is 6.04 Å². The first-order valence-corrected chi connectivity index (χ1v) is 10.3. The van der Waals surface area contributed by atoms with Crippen molar-refractivity contribution in [3.05, 3.63) is 34.4 Å². The molecular formula is C17H25N3O5S. The van der Waals surface area contributed by atoms with Crippen molar-refractivity contribution in [2.24, 2.45) is 0 Å². The Morgan fingerprint density at radius 2 is 2.00 bits per heavy atom. The third-order valence-electron chi connectivity index (χ3n) is 4.52. The number of carbonyl (C=O) groups is 1. The van der Waals surface area contributed by atoms with Crippen LogP contribution < -0.4 is 5.32 Å². The molecule has 0 bridgehead atoms. The van der Waals surface area contributed by atoms with Crippen LogP contribution >= 0.6 is 0 Å². The Balaban J connectivity index is 2.24. The van der Waals surface area contributed by atoms with Gasteiger partial charge < -0.3 is 5.32 Å². The molecule has 1 aromatic rings. The average Bonchev–Trinajstić information content (AvgIpc) is 2.62. The summed E-state index contributed by atoms with van der Waals surface area (Å²) in [6.45, 7) is 4.19. The first-order chi connectivity index (χ1) is 12.3. The largest absolute Gasteiger partial charge is 0.352 e. The monoisotopic (exact) mass is 383 g/mol. The highest BCUT2D eigenvalue weighted by Crippen LogP contribution is 2.27. The Morgan fingerprint density at radius 3 is 2.58 bits per heavy atom.